The summed E-state index contributed by atoms with van der Waals surface area (Å²) in [4.78, 5) is 0. The van der Waals surface area contributed by atoms with Crippen LogP contribution in [-0.2, 0) is 0 Å². The Labute approximate surface area is 188 Å². The summed E-state index contributed by atoms with van der Waals surface area (Å²) in [7, 11) is 3.33. The summed E-state index contributed by atoms with van der Waals surface area (Å²) in [6.07, 6.45) is 0.416. The van der Waals surface area contributed by atoms with E-state index in [1.54, 1.807) is 14.2 Å². The maximum atomic E-state index is 6.50. The highest BCUT2D eigenvalue weighted by Gasteiger charge is 2.42. The van der Waals surface area contributed by atoms with Crippen molar-refractivity contribution < 1.29 is 18.9 Å². The fourth-order valence-electron chi connectivity index (χ4n) is 4.32. The second-order valence-corrected chi connectivity index (χ2v) is 7.73. The minimum atomic E-state index is -0.366. The van der Waals surface area contributed by atoms with Crippen molar-refractivity contribution in [2.45, 2.75) is 25.6 Å². The number of nitrogens with zero attached hydrogens (tertiary/aromatic N) is 2. The van der Waals surface area contributed by atoms with Crippen molar-refractivity contribution in [3.63, 3.8) is 0 Å². The molecule has 5 rings (SSSR count). The summed E-state index contributed by atoms with van der Waals surface area (Å²) in [6, 6.07) is 22.1. The van der Waals surface area contributed by atoms with Crippen molar-refractivity contribution in [1.29, 1.82) is 0 Å². The molecule has 0 bridgehead atoms. The molecule has 0 aromatic heterocycles. The Morgan fingerprint density at radius 1 is 0.938 bits per heavy atom. The van der Waals surface area contributed by atoms with E-state index in [9.17, 15) is 0 Å². The third-order valence-electron chi connectivity index (χ3n) is 5.90. The van der Waals surface area contributed by atoms with Crippen molar-refractivity contribution in [3.05, 3.63) is 83.4 Å². The topological polar surface area (TPSA) is 52.5 Å². The van der Waals surface area contributed by atoms with Gasteiger partial charge in [0.05, 0.1) is 32.6 Å². The summed E-state index contributed by atoms with van der Waals surface area (Å²) in [5.74, 6) is 3.18. The Morgan fingerprint density at radius 2 is 1.69 bits per heavy atom. The molecule has 32 heavy (non-hydrogen) atoms. The fraction of sp³-hybridized carbons (Fsp3) is 0.269. The monoisotopic (exact) mass is 430 g/mol. The molecule has 3 aromatic carbocycles. The molecule has 0 radical (unpaired) electrons. The second-order valence-electron chi connectivity index (χ2n) is 7.73. The lowest BCUT2D eigenvalue weighted by Crippen LogP contribution is -2.33. The van der Waals surface area contributed by atoms with E-state index in [2.05, 4.69) is 23.2 Å². The molecule has 3 aromatic rings. The van der Waals surface area contributed by atoms with Gasteiger partial charge in [0.1, 0.15) is 11.5 Å². The van der Waals surface area contributed by atoms with Crippen LogP contribution in [0.15, 0.2) is 71.8 Å². The molecule has 6 nitrogen and oxygen atoms in total. The van der Waals surface area contributed by atoms with E-state index in [4.69, 9.17) is 24.0 Å². The van der Waals surface area contributed by atoms with Crippen molar-refractivity contribution >= 4 is 5.71 Å². The molecule has 0 unspecified atom stereocenters. The minimum absolute atomic E-state index is 0.0579. The Kier molecular flexibility index (Phi) is 5.35. The molecule has 164 valence electrons. The predicted molar refractivity (Wildman–Crippen MR) is 123 cm³/mol. The zero-order valence-electron chi connectivity index (χ0n) is 18.4. The molecule has 6 heteroatoms. The van der Waals surface area contributed by atoms with Gasteiger partial charge in [0, 0.05) is 17.5 Å². The number of hydrogen-bond acceptors (Lipinski definition) is 6. The van der Waals surface area contributed by atoms with E-state index < -0.39 is 0 Å². The predicted octanol–water partition coefficient (Wildman–Crippen LogP) is 5.34. The number of hydrogen-bond donors (Lipinski definition) is 0. The first-order valence-corrected chi connectivity index (χ1v) is 10.8. The molecule has 2 heterocycles. The molecule has 0 saturated carbocycles. The van der Waals surface area contributed by atoms with Gasteiger partial charge in [-0.05, 0) is 67.1 Å². The Bertz CT molecular complexity index is 1130. The van der Waals surface area contributed by atoms with Crippen LogP contribution in [0.4, 0.5) is 0 Å². The zero-order chi connectivity index (χ0) is 22.1. The molecule has 2 aliphatic rings. The summed E-state index contributed by atoms with van der Waals surface area (Å²) < 4.78 is 23.0. The largest absolute Gasteiger partial charge is 0.497 e. The van der Waals surface area contributed by atoms with Crippen LogP contribution in [-0.4, -0.2) is 31.5 Å². The maximum absolute atomic E-state index is 6.50. The third kappa shape index (κ3) is 3.51. The first-order valence-electron chi connectivity index (χ1n) is 10.8. The van der Waals surface area contributed by atoms with E-state index in [0.29, 0.717) is 6.61 Å². The molecule has 0 aliphatic carbocycles. The normalized spacial score (nSPS) is 18.8. The molecule has 0 N–H and O–H groups in total. The number of para-hydroxylation sites is 1. The summed E-state index contributed by atoms with van der Waals surface area (Å²) in [5.41, 5.74) is 4.19. The SMILES string of the molecule is CCOc1ccc(C2=NN3[C@@H](C2)c2cccc(OC)c2O[C@H]3c2ccc(OC)cc2)cc1. The van der Waals surface area contributed by atoms with Gasteiger partial charge in [-0.15, -0.1) is 0 Å². The molecular formula is C26H26N2O4. The lowest BCUT2D eigenvalue weighted by Gasteiger charge is -2.38. The van der Waals surface area contributed by atoms with Gasteiger partial charge in [0.2, 0.25) is 6.23 Å². The van der Waals surface area contributed by atoms with Gasteiger partial charge in [0.15, 0.2) is 11.5 Å². The Hall–Kier alpha value is -3.67. The van der Waals surface area contributed by atoms with Crippen LogP contribution >= 0.6 is 0 Å². The van der Waals surface area contributed by atoms with Crippen LogP contribution in [0.1, 0.15) is 42.3 Å². The highest BCUT2D eigenvalue weighted by atomic mass is 16.5. The Balaban J connectivity index is 1.55. The zero-order valence-corrected chi connectivity index (χ0v) is 18.4. The van der Waals surface area contributed by atoms with Gasteiger partial charge in [-0.3, -0.25) is 0 Å². The molecule has 2 aliphatic heterocycles. The summed E-state index contributed by atoms with van der Waals surface area (Å²) in [6.45, 7) is 2.63. The Morgan fingerprint density at radius 3 is 2.38 bits per heavy atom. The van der Waals surface area contributed by atoms with Crippen LogP contribution < -0.4 is 18.9 Å². The van der Waals surface area contributed by atoms with E-state index in [0.717, 1.165) is 51.8 Å². The third-order valence-corrected chi connectivity index (χ3v) is 5.90. The van der Waals surface area contributed by atoms with Gasteiger partial charge in [0.25, 0.3) is 0 Å². The van der Waals surface area contributed by atoms with Crippen LogP contribution in [0.3, 0.4) is 0 Å². The molecule has 2 atom stereocenters. The van der Waals surface area contributed by atoms with E-state index in [1.807, 2.05) is 55.5 Å². The number of rotatable bonds is 6. The number of methoxy groups -OCH3 is 2. The van der Waals surface area contributed by atoms with Crippen molar-refractivity contribution in [3.8, 4) is 23.0 Å². The minimum Gasteiger partial charge on any atom is -0.497 e. The van der Waals surface area contributed by atoms with E-state index in [1.165, 1.54) is 0 Å². The average molecular weight is 431 g/mol. The van der Waals surface area contributed by atoms with E-state index >= 15 is 0 Å². The van der Waals surface area contributed by atoms with Gasteiger partial charge in [-0.25, -0.2) is 5.01 Å². The molecular weight excluding hydrogens is 404 g/mol. The van der Waals surface area contributed by atoms with Crippen LogP contribution in [0.5, 0.6) is 23.0 Å². The standard InChI is InChI=1S/C26H26N2O4/c1-4-31-20-14-8-17(9-15-20)22-16-23-21-6-5-7-24(30-3)25(21)32-26(28(23)27-22)18-10-12-19(29-2)13-11-18/h5-15,23,26H,4,16H2,1-3H3/t23-,26-/m0/s1. The first kappa shape index (κ1) is 20.2. The number of benzene rings is 3. The van der Waals surface area contributed by atoms with Gasteiger partial charge >= 0.3 is 0 Å². The highest BCUT2D eigenvalue weighted by Crippen LogP contribution is 2.50. The van der Waals surface area contributed by atoms with Crippen LogP contribution in [0.2, 0.25) is 0 Å². The lowest BCUT2D eigenvalue weighted by atomic mass is 9.95. The van der Waals surface area contributed by atoms with Crippen molar-refractivity contribution in [2.24, 2.45) is 5.10 Å². The van der Waals surface area contributed by atoms with Crippen LogP contribution in [0.25, 0.3) is 0 Å². The summed E-state index contributed by atoms with van der Waals surface area (Å²) in [5, 5.41) is 7.09. The maximum Gasteiger partial charge on any atom is 0.214 e. The van der Waals surface area contributed by atoms with Crippen molar-refractivity contribution in [1.82, 2.24) is 5.01 Å². The van der Waals surface area contributed by atoms with Gasteiger partial charge in [-0.2, -0.15) is 5.10 Å². The average Bonchev–Trinajstić information content (AvgIpc) is 3.30. The lowest BCUT2D eigenvalue weighted by molar-refractivity contribution is -0.0209. The number of ether oxygens (including phenoxy) is 4. The van der Waals surface area contributed by atoms with Gasteiger partial charge < -0.3 is 18.9 Å². The summed E-state index contributed by atoms with van der Waals surface area (Å²) >= 11 is 0. The smallest absolute Gasteiger partial charge is 0.214 e. The van der Waals surface area contributed by atoms with Crippen LogP contribution in [0, 0.1) is 0 Å². The molecule has 0 spiro atoms. The highest BCUT2D eigenvalue weighted by molar-refractivity contribution is 6.02. The quantitative estimate of drug-likeness (QED) is 0.528. The second kappa shape index (κ2) is 8.46. The van der Waals surface area contributed by atoms with E-state index in [-0.39, 0.29) is 12.3 Å². The number of hydrazone groups is 1. The van der Waals surface area contributed by atoms with Gasteiger partial charge in [-0.1, -0.05) is 12.1 Å². The molecule has 0 amide bonds. The fourth-order valence-corrected chi connectivity index (χ4v) is 4.32. The number of fused-ring (bicyclic) bond motifs is 3. The molecule has 0 saturated heterocycles. The first-order chi connectivity index (χ1) is 15.7. The molecule has 0 fully saturated rings. The van der Waals surface area contributed by atoms with Crippen molar-refractivity contribution in [2.75, 3.05) is 20.8 Å².